The molecule has 1 aromatic carbocycles. The second kappa shape index (κ2) is 8.44. The molecule has 0 bridgehead atoms. The van der Waals surface area contributed by atoms with Crippen molar-refractivity contribution in [2.24, 2.45) is 0 Å². The van der Waals surface area contributed by atoms with Crippen molar-refractivity contribution in [3.8, 4) is 0 Å². The Kier molecular flexibility index (Phi) is 6.76. The first kappa shape index (κ1) is 14.4. The summed E-state index contributed by atoms with van der Waals surface area (Å²) in [6.07, 6.45) is 2.32. The van der Waals surface area contributed by atoms with Crippen molar-refractivity contribution < 1.29 is 9.90 Å². The highest BCUT2D eigenvalue weighted by molar-refractivity contribution is 5.78. The fraction of sp³-hybridized carbons (Fsp3) is 0.357. The summed E-state index contributed by atoms with van der Waals surface area (Å²) in [6.45, 7) is 4.32. The highest BCUT2D eigenvalue weighted by Gasteiger charge is 2.11. The van der Waals surface area contributed by atoms with E-state index in [1.165, 1.54) is 0 Å². The fourth-order valence-electron chi connectivity index (χ4n) is 1.63. The predicted octanol–water partition coefficient (Wildman–Crippen LogP) is 0.482. The number of benzene rings is 1. The summed E-state index contributed by atoms with van der Waals surface area (Å²) in [5.41, 5.74) is 1.09. The number of hydrogen-bond acceptors (Lipinski definition) is 3. The molecule has 0 aliphatic rings. The first-order valence-electron chi connectivity index (χ1n) is 6.02. The van der Waals surface area contributed by atoms with Crippen LogP contribution in [0, 0.1) is 0 Å². The van der Waals surface area contributed by atoms with Gasteiger partial charge in [0.2, 0.25) is 5.91 Å². The SMILES string of the molecule is C=CCNCC(=O)N[C@@H](CO)Cc1ccccc1. The van der Waals surface area contributed by atoms with E-state index in [0.717, 1.165) is 5.56 Å². The molecule has 0 saturated heterocycles. The highest BCUT2D eigenvalue weighted by Crippen LogP contribution is 2.02. The molecule has 4 nitrogen and oxygen atoms in total. The third kappa shape index (κ3) is 5.61. The van der Waals surface area contributed by atoms with Gasteiger partial charge in [-0.3, -0.25) is 4.79 Å². The number of aliphatic hydroxyl groups excluding tert-OH is 1. The largest absolute Gasteiger partial charge is 0.394 e. The van der Waals surface area contributed by atoms with Gasteiger partial charge in [0.25, 0.3) is 0 Å². The van der Waals surface area contributed by atoms with Crippen LogP contribution in [0.4, 0.5) is 0 Å². The summed E-state index contributed by atoms with van der Waals surface area (Å²) >= 11 is 0. The van der Waals surface area contributed by atoms with Crippen LogP contribution < -0.4 is 10.6 Å². The van der Waals surface area contributed by atoms with Crippen molar-refractivity contribution in [2.75, 3.05) is 19.7 Å². The highest BCUT2D eigenvalue weighted by atomic mass is 16.3. The Balaban J connectivity index is 2.37. The zero-order valence-corrected chi connectivity index (χ0v) is 10.4. The minimum absolute atomic E-state index is 0.0674. The molecule has 1 aromatic rings. The van der Waals surface area contributed by atoms with Crippen LogP contribution in [0.1, 0.15) is 5.56 Å². The second-order valence-electron chi connectivity index (χ2n) is 4.06. The van der Waals surface area contributed by atoms with E-state index in [4.69, 9.17) is 0 Å². The van der Waals surface area contributed by atoms with Crippen LogP contribution in [0.5, 0.6) is 0 Å². The first-order chi connectivity index (χ1) is 8.76. The molecule has 1 atom stereocenters. The minimum atomic E-state index is -0.245. The Morgan fingerprint density at radius 1 is 1.39 bits per heavy atom. The molecule has 0 fully saturated rings. The quantitative estimate of drug-likeness (QED) is 0.463. The average Bonchev–Trinajstić information content (AvgIpc) is 2.39. The van der Waals surface area contributed by atoms with Crippen molar-refractivity contribution in [1.29, 1.82) is 0 Å². The molecule has 3 N–H and O–H groups in total. The molecule has 0 spiro atoms. The van der Waals surface area contributed by atoms with E-state index >= 15 is 0 Å². The summed E-state index contributed by atoms with van der Waals surface area (Å²) < 4.78 is 0. The van der Waals surface area contributed by atoms with E-state index in [1.807, 2.05) is 30.3 Å². The molecule has 98 valence electrons. The van der Waals surface area contributed by atoms with Gasteiger partial charge in [0.1, 0.15) is 0 Å². The van der Waals surface area contributed by atoms with Crippen molar-refractivity contribution in [1.82, 2.24) is 10.6 Å². The van der Waals surface area contributed by atoms with Crippen LogP contribution in [0.2, 0.25) is 0 Å². The van der Waals surface area contributed by atoms with E-state index in [9.17, 15) is 9.90 Å². The van der Waals surface area contributed by atoms with Gasteiger partial charge < -0.3 is 15.7 Å². The molecule has 0 aliphatic heterocycles. The van der Waals surface area contributed by atoms with Crippen LogP contribution in [0.3, 0.4) is 0 Å². The van der Waals surface area contributed by atoms with Gasteiger partial charge in [-0.1, -0.05) is 36.4 Å². The summed E-state index contributed by atoms with van der Waals surface area (Å²) in [7, 11) is 0. The van der Waals surface area contributed by atoms with Crippen LogP contribution in [0.15, 0.2) is 43.0 Å². The molecule has 0 aliphatic carbocycles. The molecule has 0 heterocycles. The van der Waals surface area contributed by atoms with Gasteiger partial charge in [-0.15, -0.1) is 6.58 Å². The second-order valence-corrected chi connectivity index (χ2v) is 4.06. The van der Waals surface area contributed by atoms with Gasteiger partial charge >= 0.3 is 0 Å². The lowest BCUT2D eigenvalue weighted by Crippen LogP contribution is -2.43. The Morgan fingerprint density at radius 2 is 2.11 bits per heavy atom. The summed E-state index contributed by atoms with van der Waals surface area (Å²) in [5.74, 6) is -0.119. The van der Waals surface area contributed by atoms with E-state index in [2.05, 4.69) is 17.2 Å². The van der Waals surface area contributed by atoms with E-state index < -0.39 is 0 Å². The van der Waals surface area contributed by atoms with Gasteiger partial charge in [0.05, 0.1) is 19.2 Å². The molecule has 0 radical (unpaired) electrons. The number of carbonyl (C=O) groups excluding carboxylic acids is 1. The lowest BCUT2D eigenvalue weighted by atomic mass is 10.1. The van der Waals surface area contributed by atoms with E-state index in [-0.39, 0.29) is 25.1 Å². The summed E-state index contributed by atoms with van der Waals surface area (Å²) in [5, 5.41) is 15.0. The lowest BCUT2D eigenvalue weighted by molar-refractivity contribution is -0.121. The van der Waals surface area contributed by atoms with Gasteiger partial charge in [-0.2, -0.15) is 0 Å². The molecule has 0 unspecified atom stereocenters. The van der Waals surface area contributed by atoms with Crippen molar-refractivity contribution >= 4 is 5.91 Å². The Labute approximate surface area is 108 Å². The molecule has 4 heteroatoms. The third-order valence-electron chi connectivity index (χ3n) is 2.48. The zero-order chi connectivity index (χ0) is 13.2. The summed E-state index contributed by atoms with van der Waals surface area (Å²) in [4.78, 5) is 11.6. The number of amides is 1. The lowest BCUT2D eigenvalue weighted by Gasteiger charge is -2.16. The van der Waals surface area contributed by atoms with Crippen molar-refractivity contribution in [2.45, 2.75) is 12.5 Å². The topological polar surface area (TPSA) is 61.4 Å². The molecule has 1 rings (SSSR count). The number of carbonyl (C=O) groups is 1. The van der Waals surface area contributed by atoms with Gasteiger partial charge in [-0.05, 0) is 12.0 Å². The van der Waals surface area contributed by atoms with Crippen LogP contribution >= 0.6 is 0 Å². The average molecular weight is 248 g/mol. The Morgan fingerprint density at radius 3 is 2.72 bits per heavy atom. The molecule has 1 amide bonds. The number of rotatable bonds is 8. The van der Waals surface area contributed by atoms with Crippen molar-refractivity contribution in [3.63, 3.8) is 0 Å². The number of nitrogens with one attached hydrogen (secondary N) is 2. The monoisotopic (exact) mass is 248 g/mol. The smallest absolute Gasteiger partial charge is 0.234 e. The normalized spacial score (nSPS) is 11.8. The predicted molar refractivity (Wildman–Crippen MR) is 72.2 cm³/mol. The third-order valence-corrected chi connectivity index (χ3v) is 2.48. The maximum absolute atomic E-state index is 11.6. The first-order valence-corrected chi connectivity index (χ1v) is 6.02. The van der Waals surface area contributed by atoms with Crippen LogP contribution in [0.25, 0.3) is 0 Å². The Bertz CT molecular complexity index is 365. The number of hydrogen-bond donors (Lipinski definition) is 3. The van der Waals surface area contributed by atoms with Gasteiger partial charge in [-0.25, -0.2) is 0 Å². The van der Waals surface area contributed by atoms with E-state index in [0.29, 0.717) is 13.0 Å². The molecule has 0 saturated carbocycles. The maximum Gasteiger partial charge on any atom is 0.234 e. The molecule has 18 heavy (non-hydrogen) atoms. The standard InChI is InChI=1S/C14H20N2O2/c1-2-8-15-10-14(18)16-13(11-17)9-12-6-4-3-5-7-12/h2-7,13,15,17H,1,8-11H2,(H,16,18)/t13-/m1/s1. The Hall–Kier alpha value is -1.65. The van der Waals surface area contributed by atoms with Crippen LogP contribution in [-0.2, 0) is 11.2 Å². The molecule has 0 aromatic heterocycles. The number of aliphatic hydroxyl groups is 1. The minimum Gasteiger partial charge on any atom is -0.394 e. The van der Waals surface area contributed by atoms with Crippen molar-refractivity contribution in [3.05, 3.63) is 48.6 Å². The molecular weight excluding hydrogens is 228 g/mol. The zero-order valence-electron chi connectivity index (χ0n) is 10.4. The fourth-order valence-corrected chi connectivity index (χ4v) is 1.63. The maximum atomic E-state index is 11.6. The van der Waals surface area contributed by atoms with Gasteiger partial charge in [0.15, 0.2) is 0 Å². The van der Waals surface area contributed by atoms with E-state index in [1.54, 1.807) is 6.08 Å². The molecular formula is C14H20N2O2. The van der Waals surface area contributed by atoms with Crippen LogP contribution in [-0.4, -0.2) is 36.8 Å². The van der Waals surface area contributed by atoms with Gasteiger partial charge in [0, 0.05) is 6.54 Å². The summed E-state index contributed by atoms with van der Waals surface area (Å²) in [6, 6.07) is 9.53.